The first-order valence-electron chi connectivity index (χ1n) is 9.93. The van der Waals surface area contributed by atoms with Crippen LogP contribution in [0.15, 0.2) is 52.9 Å². The number of nitrogens with zero attached hydrogens (tertiary/aromatic N) is 6. The van der Waals surface area contributed by atoms with Crippen LogP contribution in [0.4, 0.5) is 11.5 Å². The number of rotatable bonds is 4. The molecule has 0 radical (unpaired) electrons. The first-order valence-corrected chi connectivity index (χ1v) is 9.93. The summed E-state index contributed by atoms with van der Waals surface area (Å²) in [5, 5.41) is 19.0. The Bertz CT molecular complexity index is 1170. The third-order valence-corrected chi connectivity index (χ3v) is 5.41. The first-order chi connectivity index (χ1) is 14.7. The van der Waals surface area contributed by atoms with Gasteiger partial charge in [0.2, 0.25) is 5.89 Å². The summed E-state index contributed by atoms with van der Waals surface area (Å²) in [7, 11) is 1.68. The van der Waals surface area contributed by atoms with Gasteiger partial charge in [0.25, 0.3) is 5.89 Å². The number of hydrogen-bond donors (Lipinski definition) is 0. The number of fused-ring (bicyclic) bond motifs is 1. The second-order valence-electron chi connectivity index (χ2n) is 7.22. The topological polar surface area (TPSA) is 80.4 Å². The number of benzene rings is 2. The number of aryl methyl sites for hydroxylation is 1. The summed E-state index contributed by atoms with van der Waals surface area (Å²) in [4.78, 5) is 4.67. The highest BCUT2D eigenvalue weighted by Crippen LogP contribution is 2.31. The number of hydrogen-bond acceptors (Lipinski definition) is 8. The molecule has 1 aliphatic heterocycles. The van der Waals surface area contributed by atoms with Gasteiger partial charge in [-0.3, -0.25) is 0 Å². The maximum Gasteiger partial charge on any atom is 0.268 e. The van der Waals surface area contributed by atoms with Gasteiger partial charge in [-0.05, 0) is 24.3 Å². The van der Waals surface area contributed by atoms with Crippen molar-refractivity contribution < 1.29 is 9.15 Å². The van der Waals surface area contributed by atoms with Gasteiger partial charge in [-0.2, -0.15) is 0 Å². The molecule has 1 saturated heterocycles. The van der Waals surface area contributed by atoms with E-state index in [4.69, 9.17) is 9.15 Å². The molecular formula is C22H22N6O2. The summed E-state index contributed by atoms with van der Waals surface area (Å²) in [6, 6.07) is 16.3. The van der Waals surface area contributed by atoms with Gasteiger partial charge in [0.05, 0.1) is 7.11 Å². The normalized spacial score (nSPS) is 14.3. The van der Waals surface area contributed by atoms with Crippen LogP contribution in [0.1, 0.15) is 5.89 Å². The number of piperazine rings is 1. The predicted molar refractivity (Wildman–Crippen MR) is 115 cm³/mol. The highest BCUT2D eigenvalue weighted by atomic mass is 16.5. The summed E-state index contributed by atoms with van der Waals surface area (Å²) in [5.41, 5.74) is 1.82. The molecule has 1 fully saturated rings. The molecule has 30 heavy (non-hydrogen) atoms. The highest BCUT2D eigenvalue weighted by molar-refractivity contribution is 5.99. The molecule has 4 aromatic rings. The van der Waals surface area contributed by atoms with Gasteiger partial charge in [-0.15, -0.1) is 20.4 Å². The first kappa shape index (κ1) is 18.4. The molecule has 0 saturated carbocycles. The van der Waals surface area contributed by atoms with E-state index in [2.05, 4.69) is 48.4 Å². The van der Waals surface area contributed by atoms with E-state index in [1.807, 2.05) is 30.3 Å². The molecule has 0 aliphatic carbocycles. The Labute approximate surface area is 174 Å². The van der Waals surface area contributed by atoms with Gasteiger partial charge in [0.1, 0.15) is 5.75 Å². The van der Waals surface area contributed by atoms with E-state index in [-0.39, 0.29) is 0 Å². The maximum atomic E-state index is 5.59. The van der Waals surface area contributed by atoms with Crippen LogP contribution in [0, 0.1) is 6.92 Å². The third-order valence-electron chi connectivity index (χ3n) is 5.41. The lowest BCUT2D eigenvalue weighted by Gasteiger charge is -2.37. The van der Waals surface area contributed by atoms with Gasteiger partial charge >= 0.3 is 0 Å². The molecule has 2 aromatic carbocycles. The van der Waals surface area contributed by atoms with Crippen molar-refractivity contribution in [2.24, 2.45) is 0 Å². The molecule has 0 unspecified atom stereocenters. The standard InChI is InChI=1S/C22H22N6O2/c1-15-23-26-22(30-15)20-18-5-3-4-6-19(18)21(25-24-20)28-13-11-27(12-14-28)16-7-9-17(29-2)10-8-16/h3-10H,11-14H2,1-2H3. The van der Waals surface area contributed by atoms with Crippen LogP contribution in [-0.4, -0.2) is 53.7 Å². The van der Waals surface area contributed by atoms with E-state index >= 15 is 0 Å². The van der Waals surface area contributed by atoms with Gasteiger partial charge in [-0.25, -0.2) is 0 Å². The monoisotopic (exact) mass is 402 g/mol. The molecule has 0 bridgehead atoms. The largest absolute Gasteiger partial charge is 0.497 e. The van der Waals surface area contributed by atoms with E-state index in [9.17, 15) is 0 Å². The molecule has 0 spiro atoms. The fourth-order valence-electron chi connectivity index (χ4n) is 3.84. The van der Waals surface area contributed by atoms with Crippen LogP contribution in [0.3, 0.4) is 0 Å². The van der Waals surface area contributed by atoms with Crippen molar-refractivity contribution in [2.45, 2.75) is 6.92 Å². The molecular weight excluding hydrogens is 380 g/mol. The van der Waals surface area contributed by atoms with Crippen molar-refractivity contribution in [3.05, 3.63) is 54.4 Å². The Morgan fingerprint density at radius 1 is 0.800 bits per heavy atom. The number of ether oxygens (including phenoxy) is 1. The molecule has 8 heteroatoms. The molecule has 152 valence electrons. The summed E-state index contributed by atoms with van der Waals surface area (Å²) >= 11 is 0. The van der Waals surface area contributed by atoms with Crippen molar-refractivity contribution in [1.82, 2.24) is 20.4 Å². The zero-order valence-corrected chi connectivity index (χ0v) is 16.9. The Balaban J connectivity index is 1.41. The second-order valence-corrected chi connectivity index (χ2v) is 7.22. The molecule has 1 aliphatic rings. The second kappa shape index (κ2) is 7.62. The summed E-state index contributed by atoms with van der Waals surface area (Å²) < 4.78 is 10.8. The van der Waals surface area contributed by atoms with E-state index in [1.54, 1.807) is 14.0 Å². The van der Waals surface area contributed by atoms with E-state index in [1.165, 1.54) is 5.69 Å². The van der Waals surface area contributed by atoms with Crippen LogP contribution in [0.2, 0.25) is 0 Å². The lowest BCUT2D eigenvalue weighted by atomic mass is 10.1. The van der Waals surface area contributed by atoms with Crippen molar-refractivity contribution in [2.75, 3.05) is 43.1 Å². The molecule has 0 N–H and O–H groups in total. The SMILES string of the molecule is COc1ccc(N2CCN(c3nnc(-c4nnc(C)o4)c4ccccc34)CC2)cc1. The Morgan fingerprint density at radius 3 is 2.17 bits per heavy atom. The van der Waals surface area contributed by atoms with Gasteiger partial charge < -0.3 is 19.0 Å². The fraction of sp³-hybridized carbons (Fsp3) is 0.273. The van der Waals surface area contributed by atoms with Crippen LogP contribution >= 0.6 is 0 Å². The van der Waals surface area contributed by atoms with Crippen molar-refractivity contribution in [3.8, 4) is 17.3 Å². The fourth-order valence-corrected chi connectivity index (χ4v) is 3.84. The van der Waals surface area contributed by atoms with E-state index in [0.717, 1.165) is 48.5 Å². The van der Waals surface area contributed by atoms with Gasteiger partial charge in [0, 0.05) is 49.6 Å². The number of methoxy groups -OCH3 is 1. The maximum absolute atomic E-state index is 5.59. The average Bonchev–Trinajstić information content (AvgIpc) is 3.24. The molecule has 3 heterocycles. The zero-order chi connectivity index (χ0) is 20.5. The van der Waals surface area contributed by atoms with Crippen LogP contribution in [0.25, 0.3) is 22.4 Å². The molecule has 8 nitrogen and oxygen atoms in total. The minimum absolute atomic E-state index is 0.395. The van der Waals surface area contributed by atoms with Crippen LogP contribution in [0.5, 0.6) is 5.75 Å². The van der Waals surface area contributed by atoms with Crippen molar-refractivity contribution in [1.29, 1.82) is 0 Å². The Kier molecular flexibility index (Phi) is 4.66. The van der Waals surface area contributed by atoms with Crippen LogP contribution in [-0.2, 0) is 0 Å². The number of aromatic nitrogens is 4. The van der Waals surface area contributed by atoms with Crippen LogP contribution < -0.4 is 14.5 Å². The van der Waals surface area contributed by atoms with E-state index in [0.29, 0.717) is 17.5 Å². The number of anilines is 2. The minimum atomic E-state index is 0.395. The Hall–Kier alpha value is -3.68. The zero-order valence-electron chi connectivity index (χ0n) is 16.9. The third kappa shape index (κ3) is 3.30. The summed E-state index contributed by atoms with van der Waals surface area (Å²) in [5.74, 6) is 2.66. The Morgan fingerprint density at radius 2 is 1.50 bits per heavy atom. The lowest BCUT2D eigenvalue weighted by molar-refractivity contribution is 0.415. The molecule has 0 amide bonds. The molecule has 2 aromatic heterocycles. The smallest absolute Gasteiger partial charge is 0.268 e. The van der Waals surface area contributed by atoms with Gasteiger partial charge in [-0.1, -0.05) is 24.3 Å². The minimum Gasteiger partial charge on any atom is -0.497 e. The van der Waals surface area contributed by atoms with Gasteiger partial charge in [0.15, 0.2) is 11.5 Å². The van der Waals surface area contributed by atoms with E-state index < -0.39 is 0 Å². The average molecular weight is 402 g/mol. The van der Waals surface area contributed by atoms with Crippen molar-refractivity contribution >= 4 is 22.3 Å². The lowest BCUT2D eigenvalue weighted by Crippen LogP contribution is -2.47. The van der Waals surface area contributed by atoms with Crippen molar-refractivity contribution in [3.63, 3.8) is 0 Å². The summed E-state index contributed by atoms with van der Waals surface area (Å²) in [6.45, 7) is 5.32. The quantitative estimate of drug-likeness (QED) is 0.514. The summed E-state index contributed by atoms with van der Waals surface area (Å²) in [6.07, 6.45) is 0. The predicted octanol–water partition coefficient (Wildman–Crippen LogP) is 3.32. The highest BCUT2D eigenvalue weighted by Gasteiger charge is 2.22. The molecule has 5 rings (SSSR count). The molecule has 0 atom stereocenters.